The molecule has 0 atom stereocenters. The predicted octanol–water partition coefficient (Wildman–Crippen LogP) is 2.33. The number of carbonyl (C=O) groups is 2. The second-order valence-electron chi connectivity index (χ2n) is 4.99. The number of benzene rings is 2. The van der Waals surface area contributed by atoms with Crippen molar-refractivity contribution in [2.24, 2.45) is 0 Å². The van der Waals surface area contributed by atoms with E-state index in [4.69, 9.17) is 23.8 Å². The van der Waals surface area contributed by atoms with Gasteiger partial charge in [-0.3, -0.25) is 31.3 Å². The molecule has 0 heterocycles. The van der Waals surface area contributed by atoms with Crippen LogP contribution in [0.15, 0.2) is 48.5 Å². The Morgan fingerprint density at radius 1 is 0.885 bits per heavy atom. The lowest BCUT2D eigenvalue weighted by Gasteiger charge is -2.12. The third kappa shape index (κ3) is 6.91. The first-order chi connectivity index (χ1) is 12.4. The van der Waals surface area contributed by atoms with Crippen LogP contribution in [0.4, 0.5) is 15.8 Å². The highest BCUT2D eigenvalue weighted by atomic mass is 35.5. The van der Waals surface area contributed by atoms with Crippen LogP contribution in [0.3, 0.4) is 0 Å². The zero-order valence-corrected chi connectivity index (χ0v) is 14.9. The molecule has 0 saturated carbocycles. The van der Waals surface area contributed by atoms with Crippen molar-refractivity contribution >= 4 is 52.1 Å². The number of nitrogens with one attached hydrogen (secondary N) is 5. The third-order valence-electron chi connectivity index (χ3n) is 2.93. The molecule has 0 aliphatic rings. The molecule has 0 bridgehead atoms. The van der Waals surface area contributed by atoms with Crippen LogP contribution in [0.1, 0.15) is 6.42 Å². The summed E-state index contributed by atoms with van der Waals surface area (Å²) >= 11 is 10.8. The molecule has 7 nitrogen and oxygen atoms in total. The fraction of sp³-hybridized carbons (Fsp3) is 0.0625. The zero-order valence-electron chi connectivity index (χ0n) is 13.3. The standard InChI is InChI=1S/C16H15ClFN5O2S/c17-10-1-5-12(6-2-10)19-16(26)23-22-15(25)9-14(24)21-20-13-7-3-11(18)4-8-13/h1-8,20H,9H2,(H,21,24)(H,22,25)(H2,19,23,26). The van der Waals surface area contributed by atoms with E-state index in [9.17, 15) is 14.0 Å². The Morgan fingerprint density at radius 3 is 2.12 bits per heavy atom. The molecule has 2 aromatic rings. The van der Waals surface area contributed by atoms with E-state index in [1.807, 2.05) is 0 Å². The molecule has 0 aliphatic carbocycles. The molecular weight excluding hydrogens is 381 g/mol. The van der Waals surface area contributed by atoms with Crippen molar-refractivity contribution in [1.82, 2.24) is 16.3 Å². The monoisotopic (exact) mass is 395 g/mol. The Bertz CT molecular complexity index is 786. The van der Waals surface area contributed by atoms with E-state index in [2.05, 4.69) is 27.0 Å². The average Bonchev–Trinajstić information content (AvgIpc) is 2.61. The fourth-order valence-electron chi connectivity index (χ4n) is 1.73. The lowest BCUT2D eigenvalue weighted by molar-refractivity contribution is -0.129. The Balaban J connectivity index is 1.67. The molecule has 136 valence electrons. The van der Waals surface area contributed by atoms with Gasteiger partial charge < -0.3 is 5.32 Å². The molecule has 0 unspecified atom stereocenters. The minimum absolute atomic E-state index is 0.144. The van der Waals surface area contributed by atoms with Crippen molar-refractivity contribution in [3.63, 3.8) is 0 Å². The first kappa shape index (κ1) is 19.4. The number of hydrazine groups is 2. The van der Waals surface area contributed by atoms with Crippen molar-refractivity contribution in [1.29, 1.82) is 0 Å². The van der Waals surface area contributed by atoms with E-state index in [1.165, 1.54) is 24.3 Å². The lowest BCUT2D eigenvalue weighted by atomic mass is 10.3. The number of anilines is 2. The maximum Gasteiger partial charge on any atom is 0.247 e. The molecule has 2 amide bonds. The van der Waals surface area contributed by atoms with Gasteiger partial charge in [0.25, 0.3) is 0 Å². The van der Waals surface area contributed by atoms with Crippen molar-refractivity contribution in [3.05, 3.63) is 59.4 Å². The minimum atomic E-state index is -0.594. The van der Waals surface area contributed by atoms with Gasteiger partial charge in [0.15, 0.2) is 5.11 Å². The third-order valence-corrected chi connectivity index (χ3v) is 3.39. The SMILES string of the molecule is O=C(CC(=O)NNc1ccc(F)cc1)NNC(=S)Nc1ccc(Cl)cc1. The minimum Gasteiger partial charge on any atom is -0.331 e. The van der Waals surface area contributed by atoms with Crippen LogP contribution in [0.25, 0.3) is 0 Å². The number of amides is 2. The molecule has 0 fully saturated rings. The smallest absolute Gasteiger partial charge is 0.247 e. The van der Waals surface area contributed by atoms with Gasteiger partial charge >= 0.3 is 0 Å². The summed E-state index contributed by atoms with van der Waals surface area (Å²) in [4.78, 5) is 23.4. The van der Waals surface area contributed by atoms with Crippen LogP contribution in [-0.2, 0) is 9.59 Å². The highest BCUT2D eigenvalue weighted by molar-refractivity contribution is 7.80. The Labute approximate surface area is 159 Å². The van der Waals surface area contributed by atoms with Crippen molar-refractivity contribution in [2.45, 2.75) is 6.42 Å². The highest BCUT2D eigenvalue weighted by Crippen LogP contribution is 2.13. The van der Waals surface area contributed by atoms with E-state index in [-0.39, 0.29) is 5.11 Å². The summed E-state index contributed by atoms with van der Waals surface area (Å²) in [5, 5.41) is 3.56. The van der Waals surface area contributed by atoms with Gasteiger partial charge in [0.2, 0.25) is 11.8 Å². The maximum absolute atomic E-state index is 12.8. The van der Waals surface area contributed by atoms with Crippen LogP contribution in [0, 0.1) is 5.82 Å². The first-order valence-corrected chi connectivity index (χ1v) is 8.13. The van der Waals surface area contributed by atoms with E-state index < -0.39 is 24.1 Å². The average molecular weight is 396 g/mol. The molecule has 0 spiro atoms. The number of carbonyl (C=O) groups excluding carboxylic acids is 2. The summed E-state index contributed by atoms with van der Waals surface area (Å²) in [5.74, 6) is -1.57. The molecular formula is C16H15ClFN5O2S. The number of hydrogen-bond donors (Lipinski definition) is 5. The van der Waals surface area contributed by atoms with Crippen molar-refractivity contribution in [3.8, 4) is 0 Å². The van der Waals surface area contributed by atoms with E-state index >= 15 is 0 Å². The lowest BCUT2D eigenvalue weighted by Crippen LogP contribution is -2.45. The van der Waals surface area contributed by atoms with Crippen molar-refractivity contribution in [2.75, 3.05) is 10.7 Å². The number of hydrogen-bond acceptors (Lipinski definition) is 4. The van der Waals surface area contributed by atoms with Crippen LogP contribution < -0.4 is 27.0 Å². The largest absolute Gasteiger partial charge is 0.331 e. The van der Waals surface area contributed by atoms with Gasteiger partial charge in [0, 0.05) is 10.7 Å². The van der Waals surface area contributed by atoms with Crippen LogP contribution in [0.2, 0.25) is 5.02 Å². The highest BCUT2D eigenvalue weighted by Gasteiger charge is 2.09. The maximum atomic E-state index is 12.8. The fourth-order valence-corrected chi connectivity index (χ4v) is 2.03. The molecule has 0 saturated heterocycles. The van der Waals surface area contributed by atoms with Gasteiger partial charge in [-0.2, -0.15) is 0 Å². The summed E-state index contributed by atoms with van der Waals surface area (Å²) in [6, 6.07) is 12.2. The topological polar surface area (TPSA) is 94.3 Å². The van der Waals surface area contributed by atoms with Crippen LogP contribution in [0.5, 0.6) is 0 Å². The summed E-state index contributed by atoms with van der Waals surface area (Å²) in [5.41, 5.74) is 10.8. The van der Waals surface area contributed by atoms with Crippen LogP contribution in [-0.4, -0.2) is 16.9 Å². The summed E-state index contributed by atoms with van der Waals surface area (Å²) in [6.07, 6.45) is -0.440. The summed E-state index contributed by atoms with van der Waals surface area (Å²) in [6.45, 7) is 0. The molecule has 26 heavy (non-hydrogen) atoms. The number of halogens is 2. The van der Waals surface area contributed by atoms with Gasteiger partial charge in [-0.15, -0.1) is 0 Å². The molecule has 0 aromatic heterocycles. The second kappa shape index (κ2) is 9.54. The van der Waals surface area contributed by atoms with E-state index in [0.717, 1.165) is 0 Å². The number of thiocarbonyl (C=S) groups is 1. The molecule has 10 heteroatoms. The summed E-state index contributed by atoms with van der Waals surface area (Å²) < 4.78 is 12.8. The normalized spacial score (nSPS) is 9.77. The Kier molecular flexibility index (Phi) is 7.12. The zero-order chi connectivity index (χ0) is 18.9. The Hall–Kier alpha value is -2.91. The van der Waals surface area contributed by atoms with Crippen LogP contribution >= 0.6 is 23.8 Å². The molecule has 2 aromatic carbocycles. The Morgan fingerprint density at radius 2 is 1.46 bits per heavy atom. The van der Waals surface area contributed by atoms with Gasteiger partial charge in [-0.25, -0.2) is 4.39 Å². The van der Waals surface area contributed by atoms with Gasteiger partial charge in [0.05, 0.1) is 5.69 Å². The quantitative estimate of drug-likeness (QED) is 0.303. The van der Waals surface area contributed by atoms with E-state index in [1.54, 1.807) is 24.3 Å². The van der Waals surface area contributed by atoms with E-state index in [0.29, 0.717) is 16.4 Å². The molecule has 0 aliphatic heterocycles. The summed E-state index contributed by atoms with van der Waals surface area (Å²) in [7, 11) is 0. The van der Waals surface area contributed by atoms with Gasteiger partial charge in [-0.05, 0) is 60.7 Å². The number of rotatable bonds is 5. The predicted molar refractivity (Wildman–Crippen MR) is 102 cm³/mol. The first-order valence-electron chi connectivity index (χ1n) is 7.34. The van der Waals surface area contributed by atoms with Crippen molar-refractivity contribution < 1.29 is 14.0 Å². The molecule has 0 radical (unpaired) electrons. The molecule has 2 rings (SSSR count). The van der Waals surface area contributed by atoms with Gasteiger partial charge in [-0.1, -0.05) is 11.6 Å². The second-order valence-corrected chi connectivity index (χ2v) is 5.84. The van der Waals surface area contributed by atoms with Gasteiger partial charge in [0.1, 0.15) is 12.2 Å². The molecule has 5 N–H and O–H groups in total.